The van der Waals surface area contributed by atoms with Crippen molar-refractivity contribution in [3.8, 4) is 0 Å². The van der Waals surface area contributed by atoms with Crippen molar-refractivity contribution < 1.29 is 4.79 Å². The van der Waals surface area contributed by atoms with E-state index in [1.807, 2.05) is 60.7 Å². The Kier molecular flexibility index (Phi) is 5.04. The first-order valence-corrected chi connectivity index (χ1v) is 6.94. The number of hydrogen-bond donors (Lipinski definition) is 2. The van der Waals surface area contributed by atoms with Gasteiger partial charge in [-0.3, -0.25) is 4.79 Å². The quantitative estimate of drug-likeness (QED) is 0.803. The highest BCUT2D eigenvalue weighted by atomic mass is 32.1. The van der Waals surface area contributed by atoms with Gasteiger partial charge in [-0.1, -0.05) is 60.7 Å². The molecule has 0 aliphatic heterocycles. The monoisotopic (exact) mass is 271 g/mol. The van der Waals surface area contributed by atoms with Gasteiger partial charge in [-0.25, -0.2) is 0 Å². The van der Waals surface area contributed by atoms with E-state index in [2.05, 4.69) is 17.9 Å². The van der Waals surface area contributed by atoms with Crippen LogP contribution in [-0.2, 0) is 4.79 Å². The smallest absolute Gasteiger partial charge is 0.221 e. The number of amides is 1. The number of carbonyl (C=O) groups excluding carboxylic acids is 1. The van der Waals surface area contributed by atoms with Crippen LogP contribution in [0.1, 0.15) is 23.6 Å². The van der Waals surface area contributed by atoms with E-state index >= 15 is 0 Å². The number of thiol groups is 1. The highest BCUT2D eigenvalue weighted by Gasteiger charge is 2.15. The fourth-order valence-electron chi connectivity index (χ4n) is 1.98. The van der Waals surface area contributed by atoms with Crippen molar-refractivity contribution in [2.75, 3.05) is 5.75 Å². The molecule has 0 spiro atoms. The molecule has 0 radical (unpaired) electrons. The van der Waals surface area contributed by atoms with Crippen molar-refractivity contribution in [1.82, 2.24) is 5.32 Å². The third kappa shape index (κ3) is 3.86. The van der Waals surface area contributed by atoms with Crippen molar-refractivity contribution in [2.24, 2.45) is 0 Å². The van der Waals surface area contributed by atoms with Crippen LogP contribution in [0.2, 0.25) is 0 Å². The van der Waals surface area contributed by atoms with Crippen molar-refractivity contribution in [3.05, 3.63) is 71.8 Å². The molecule has 3 heteroatoms. The van der Waals surface area contributed by atoms with E-state index in [0.717, 1.165) is 11.1 Å². The molecular weight excluding hydrogens is 254 g/mol. The number of rotatable bonds is 5. The average molecular weight is 271 g/mol. The number of carbonyl (C=O) groups is 1. The van der Waals surface area contributed by atoms with Gasteiger partial charge >= 0.3 is 0 Å². The van der Waals surface area contributed by atoms with Gasteiger partial charge in [0.25, 0.3) is 0 Å². The van der Waals surface area contributed by atoms with Crippen molar-refractivity contribution in [3.63, 3.8) is 0 Å². The molecule has 1 N–H and O–H groups in total. The minimum absolute atomic E-state index is 0.0210. The second-order valence-electron chi connectivity index (χ2n) is 4.30. The molecular formula is C16H17NOS. The first-order valence-electron chi connectivity index (χ1n) is 6.31. The van der Waals surface area contributed by atoms with E-state index in [-0.39, 0.29) is 11.9 Å². The standard InChI is InChI=1S/C16H17NOS/c18-15(11-12-19)17-16(13-7-3-1-4-8-13)14-9-5-2-6-10-14/h1-10,16,19H,11-12H2,(H,17,18). The molecule has 19 heavy (non-hydrogen) atoms. The summed E-state index contributed by atoms with van der Waals surface area (Å²) in [5.74, 6) is 0.579. The van der Waals surface area contributed by atoms with Crippen LogP contribution in [0.3, 0.4) is 0 Å². The fourth-order valence-corrected chi connectivity index (χ4v) is 2.19. The van der Waals surface area contributed by atoms with Gasteiger partial charge < -0.3 is 5.32 Å². The first kappa shape index (κ1) is 13.7. The van der Waals surface area contributed by atoms with Crippen LogP contribution in [-0.4, -0.2) is 11.7 Å². The molecule has 2 rings (SSSR count). The normalized spacial score (nSPS) is 10.4. The predicted molar refractivity (Wildman–Crippen MR) is 81.3 cm³/mol. The van der Waals surface area contributed by atoms with E-state index in [9.17, 15) is 4.79 Å². The Morgan fingerprint density at radius 2 is 1.42 bits per heavy atom. The summed E-state index contributed by atoms with van der Waals surface area (Å²) in [6.45, 7) is 0. The number of nitrogens with one attached hydrogen (secondary N) is 1. The molecule has 0 saturated carbocycles. The maximum absolute atomic E-state index is 11.8. The van der Waals surface area contributed by atoms with Gasteiger partial charge in [-0.05, 0) is 16.9 Å². The maximum atomic E-state index is 11.8. The van der Waals surface area contributed by atoms with Crippen molar-refractivity contribution in [2.45, 2.75) is 12.5 Å². The molecule has 0 saturated heterocycles. The van der Waals surface area contributed by atoms with E-state index < -0.39 is 0 Å². The minimum atomic E-state index is -0.102. The van der Waals surface area contributed by atoms with Crippen molar-refractivity contribution in [1.29, 1.82) is 0 Å². The molecule has 0 unspecified atom stereocenters. The number of benzene rings is 2. The van der Waals surface area contributed by atoms with E-state index in [0.29, 0.717) is 12.2 Å². The average Bonchev–Trinajstić information content (AvgIpc) is 2.47. The molecule has 0 fully saturated rings. The summed E-state index contributed by atoms with van der Waals surface area (Å²) in [5.41, 5.74) is 2.17. The van der Waals surface area contributed by atoms with Gasteiger partial charge in [0.15, 0.2) is 0 Å². The third-order valence-electron chi connectivity index (χ3n) is 2.91. The molecule has 98 valence electrons. The van der Waals surface area contributed by atoms with Gasteiger partial charge in [-0.2, -0.15) is 12.6 Å². The SMILES string of the molecule is O=C(CCS)NC(c1ccccc1)c1ccccc1. The summed E-state index contributed by atoms with van der Waals surface area (Å²) in [5, 5.41) is 3.06. The Hall–Kier alpha value is -1.74. The summed E-state index contributed by atoms with van der Waals surface area (Å²) in [7, 11) is 0. The molecule has 1 amide bonds. The highest BCUT2D eigenvalue weighted by molar-refractivity contribution is 7.80. The molecule has 2 aromatic rings. The lowest BCUT2D eigenvalue weighted by Gasteiger charge is -2.19. The lowest BCUT2D eigenvalue weighted by Crippen LogP contribution is -2.29. The van der Waals surface area contributed by atoms with Gasteiger partial charge in [0.1, 0.15) is 0 Å². The van der Waals surface area contributed by atoms with Crippen LogP contribution in [0.4, 0.5) is 0 Å². The molecule has 0 atom stereocenters. The fraction of sp³-hybridized carbons (Fsp3) is 0.188. The van der Waals surface area contributed by atoms with Crippen LogP contribution < -0.4 is 5.32 Å². The third-order valence-corrected chi connectivity index (χ3v) is 3.13. The molecule has 2 aromatic carbocycles. The molecule has 0 bridgehead atoms. The first-order chi connectivity index (χ1) is 9.31. The van der Waals surface area contributed by atoms with Crippen molar-refractivity contribution >= 4 is 18.5 Å². The topological polar surface area (TPSA) is 29.1 Å². The van der Waals surface area contributed by atoms with E-state index in [1.54, 1.807) is 0 Å². The summed E-state index contributed by atoms with van der Waals surface area (Å²) in [6.07, 6.45) is 0.430. The molecule has 0 heterocycles. The Morgan fingerprint density at radius 3 is 1.84 bits per heavy atom. The zero-order valence-electron chi connectivity index (χ0n) is 10.6. The molecule has 0 aromatic heterocycles. The van der Waals surface area contributed by atoms with Crippen LogP contribution >= 0.6 is 12.6 Å². The largest absolute Gasteiger partial charge is 0.345 e. The zero-order valence-corrected chi connectivity index (χ0v) is 11.5. The van der Waals surface area contributed by atoms with Gasteiger partial charge in [-0.15, -0.1) is 0 Å². The Morgan fingerprint density at radius 1 is 0.947 bits per heavy atom. The van der Waals surface area contributed by atoms with Crippen LogP contribution in [0, 0.1) is 0 Å². The summed E-state index contributed by atoms with van der Waals surface area (Å²) in [6, 6.07) is 19.9. The maximum Gasteiger partial charge on any atom is 0.221 e. The van der Waals surface area contributed by atoms with Crippen LogP contribution in [0.5, 0.6) is 0 Å². The second-order valence-corrected chi connectivity index (χ2v) is 4.74. The summed E-state index contributed by atoms with van der Waals surface area (Å²) in [4.78, 5) is 11.8. The predicted octanol–water partition coefficient (Wildman–Crippen LogP) is 3.21. The molecule has 2 nitrogen and oxygen atoms in total. The molecule has 0 aliphatic rings. The lowest BCUT2D eigenvalue weighted by atomic mass is 9.98. The minimum Gasteiger partial charge on any atom is -0.345 e. The van der Waals surface area contributed by atoms with Gasteiger partial charge in [0.2, 0.25) is 5.91 Å². The molecule has 0 aliphatic carbocycles. The lowest BCUT2D eigenvalue weighted by molar-refractivity contribution is -0.121. The highest BCUT2D eigenvalue weighted by Crippen LogP contribution is 2.21. The van der Waals surface area contributed by atoms with E-state index in [4.69, 9.17) is 0 Å². The number of hydrogen-bond acceptors (Lipinski definition) is 2. The van der Waals surface area contributed by atoms with Crippen LogP contribution in [0.25, 0.3) is 0 Å². The van der Waals surface area contributed by atoms with E-state index in [1.165, 1.54) is 0 Å². The Labute approximate surface area is 119 Å². The van der Waals surface area contributed by atoms with Gasteiger partial charge in [0.05, 0.1) is 6.04 Å². The zero-order chi connectivity index (χ0) is 13.5. The Balaban J connectivity index is 2.26. The summed E-state index contributed by atoms with van der Waals surface area (Å²) < 4.78 is 0. The Bertz CT molecular complexity index is 473. The van der Waals surface area contributed by atoms with Crippen LogP contribution in [0.15, 0.2) is 60.7 Å². The second kappa shape index (κ2) is 7.00. The van der Waals surface area contributed by atoms with Gasteiger partial charge in [0, 0.05) is 6.42 Å². The summed E-state index contributed by atoms with van der Waals surface area (Å²) >= 11 is 4.10.